The number of pyridine rings is 1. The van der Waals surface area contributed by atoms with Crippen LogP contribution in [-0.2, 0) is 4.79 Å². The van der Waals surface area contributed by atoms with Crippen molar-refractivity contribution in [1.82, 2.24) is 9.88 Å². The Kier molecular flexibility index (Phi) is 4.77. The van der Waals surface area contributed by atoms with Crippen LogP contribution in [0.4, 0.5) is 5.69 Å². The molecule has 0 aliphatic carbocycles. The van der Waals surface area contributed by atoms with Crippen LogP contribution in [0.3, 0.4) is 0 Å². The highest BCUT2D eigenvalue weighted by atomic mass is 32.2. The molecule has 1 N–H and O–H groups in total. The fraction of sp³-hybridized carbons (Fsp3) is 0.176. The van der Waals surface area contributed by atoms with Gasteiger partial charge in [0.1, 0.15) is 6.04 Å². The summed E-state index contributed by atoms with van der Waals surface area (Å²) in [5.74, 6) is 0.586. The summed E-state index contributed by atoms with van der Waals surface area (Å²) in [6, 6.07) is 11.5. The molecule has 2 heterocycles. The second kappa shape index (κ2) is 7.15. The number of benzene rings is 1. The molecule has 0 radical (unpaired) electrons. The van der Waals surface area contributed by atoms with Gasteiger partial charge >= 0.3 is 0 Å². The van der Waals surface area contributed by atoms with E-state index in [1.165, 1.54) is 18.0 Å². The van der Waals surface area contributed by atoms with Gasteiger partial charge in [-0.3, -0.25) is 14.6 Å². The number of thioether (sulfide) groups is 1. The summed E-state index contributed by atoms with van der Waals surface area (Å²) >= 11 is 1.54. The van der Waals surface area contributed by atoms with Gasteiger partial charge in [-0.2, -0.15) is 5.26 Å². The molecule has 3 rings (SSSR count). The van der Waals surface area contributed by atoms with Crippen LogP contribution < -0.4 is 5.32 Å². The Hall–Kier alpha value is -2.85. The normalized spacial score (nSPS) is 16.5. The number of carbonyl (C=O) groups is 2. The van der Waals surface area contributed by atoms with Crippen molar-refractivity contribution in [1.29, 1.82) is 5.26 Å². The average Bonchev–Trinajstić information content (AvgIpc) is 3.12. The largest absolute Gasteiger partial charge is 0.324 e. The van der Waals surface area contributed by atoms with Gasteiger partial charge in [0.15, 0.2) is 0 Å². The molecular formula is C17H14N4O2S. The maximum atomic E-state index is 12.6. The van der Waals surface area contributed by atoms with Crippen LogP contribution >= 0.6 is 11.8 Å². The van der Waals surface area contributed by atoms with Gasteiger partial charge in [0.2, 0.25) is 5.91 Å². The van der Waals surface area contributed by atoms with Crippen molar-refractivity contribution in [2.24, 2.45) is 0 Å². The summed E-state index contributed by atoms with van der Waals surface area (Å²) in [4.78, 5) is 30.6. The second-order valence-electron chi connectivity index (χ2n) is 5.21. The molecule has 1 fully saturated rings. The van der Waals surface area contributed by atoms with Crippen LogP contribution in [0, 0.1) is 11.3 Å². The third-order valence-electron chi connectivity index (χ3n) is 3.64. The molecule has 1 aliphatic heterocycles. The molecular weight excluding hydrogens is 324 g/mol. The van der Waals surface area contributed by atoms with Crippen molar-refractivity contribution in [3.05, 3.63) is 59.9 Å². The second-order valence-corrected chi connectivity index (χ2v) is 6.21. The number of aromatic nitrogens is 1. The molecule has 0 unspecified atom stereocenters. The van der Waals surface area contributed by atoms with Crippen LogP contribution in [0.2, 0.25) is 0 Å². The first-order valence-corrected chi connectivity index (χ1v) is 8.44. The molecule has 120 valence electrons. The number of amides is 2. The average molecular weight is 338 g/mol. The van der Waals surface area contributed by atoms with E-state index in [0.29, 0.717) is 28.4 Å². The minimum absolute atomic E-state index is 0.201. The van der Waals surface area contributed by atoms with E-state index in [1.807, 2.05) is 6.07 Å². The molecule has 6 nitrogen and oxygen atoms in total. The Morgan fingerprint density at radius 1 is 1.29 bits per heavy atom. The van der Waals surface area contributed by atoms with Gasteiger partial charge in [-0.05, 0) is 36.4 Å². The molecule has 0 bridgehead atoms. The van der Waals surface area contributed by atoms with Crippen molar-refractivity contribution in [2.45, 2.75) is 6.04 Å². The van der Waals surface area contributed by atoms with Crippen LogP contribution in [0.1, 0.15) is 15.9 Å². The van der Waals surface area contributed by atoms with Crippen molar-refractivity contribution in [3.8, 4) is 6.07 Å². The summed E-state index contributed by atoms with van der Waals surface area (Å²) in [5, 5.41) is 11.6. The predicted molar refractivity (Wildman–Crippen MR) is 91.3 cm³/mol. The Bertz CT molecular complexity index is 786. The number of anilines is 1. The molecule has 1 atom stereocenters. The van der Waals surface area contributed by atoms with E-state index in [0.717, 1.165) is 0 Å². The fourth-order valence-corrected chi connectivity index (χ4v) is 3.52. The van der Waals surface area contributed by atoms with Crippen molar-refractivity contribution in [2.75, 3.05) is 16.9 Å². The van der Waals surface area contributed by atoms with Gasteiger partial charge < -0.3 is 10.2 Å². The lowest BCUT2D eigenvalue weighted by Gasteiger charge is -2.23. The molecule has 0 spiro atoms. The Balaban J connectivity index is 1.71. The van der Waals surface area contributed by atoms with E-state index in [2.05, 4.69) is 10.3 Å². The van der Waals surface area contributed by atoms with E-state index in [4.69, 9.17) is 5.26 Å². The molecule has 7 heteroatoms. The lowest BCUT2D eigenvalue weighted by Crippen LogP contribution is -2.44. The highest BCUT2D eigenvalue weighted by Crippen LogP contribution is 2.24. The Labute approximate surface area is 143 Å². The van der Waals surface area contributed by atoms with Gasteiger partial charge in [-0.25, -0.2) is 0 Å². The van der Waals surface area contributed by atoms with Gasteiger partial charge in [-0.15, -0.1) is 11.8 Å². The predicted octanol–water partition coefficient (Wildman–Crippen LogP) is 2.11. The van der Waals surface area contributed by atoms with Gasteiger partial charge in [0.25, 0.3) is 5.91 Å². The lowest BCUT2D eigenvalue weighted by molar-refractivity contribution is -0.119. The summed E-state index contributed by atoms with van der Waals surface area (Å²) in [6.45, 7) is 0. The maximum absolute atomic E-state index is 12.6. The number of nitrogens with zero attached hydrogens (tertiary/aromatic N) is 3. The zero-order chi connectivity index (χ0) is 16.9. The Morgan fingerprint density at radius 2 is 2.08 bits per heavy atom. The number of nitriles is 1. The van der Waals surface area contributed by atoms with Crippen LogP contribution in [-0.4, -0.2) is 39.4 Å². The molecule has 0 saturated carbocycles. The van der Waals surface area contributed by atoms with Gasteiger partial charge in [0.05, 0.1) is 23.1 Å². The molecule has 2 aromatic rings. The maximum Gasteiger partial charge on any atom is 0.256 e. The first-order chi connectivity index (χ1) is 11.7. The molecule has 24 heavy (non-hydrogen) atoms. The standard InChI is InChI=1S/C17H14N4O2S/c18-8-12-3-5-14(6-4-12)20-16(22)15-10-24-11-21(15)17(23)13-2-1-7-19-9-13/h1-7,9,15H,10-11H2,(H,20,22)/t15-/m0/s1. The third-order valence-corrected chi connectivity index (χ3v) is 4.65. The van der Waals surface area contributed by atoms with E-state index < -0.39 is 6.04 Å². The van der Waals surface area contributed by atoms with Crippen LogP contribution in [0.15, 0.2) is 48.8 Å². The molecule has 1 aromatic carbocycles. The SMILES string of the molecule is N#Cc1ccc(NC(=O)[C@@H]2CSCN2C(=O)c2cccnc2)cc1. The van der Waals surface area contributed by atoms with E-state index in [1.54, 1.807) is 47.5 Å². The number of hydrogen-bond acceptors (Lipinski definition) is 5. The first-order valence-electron chi connectivity index (χ1n) is 7.29. The van der Waals surface area contributed by atoms with Crippen molar-refractivity contribution >= 4 is 29.3 Å². The quantitative estimate of drug-likeness (QED) is 0.926. The number of carbonyl (C=O) groups excluding carboxylic acids is 2. The third kappa shape index (κ3) is 3.39. The van der Waals surface area contributed by atoms with Crippen molar-refractivity contribution in [3.63, 3.8) is 0 Å². The minimum Gasteiger partial charge on any atom is -0.324 e. The zero-order valence-corrected chi connectivity index (χ0v) is 13.5. The minimum atomic E-state index is -0.529. The summed E-state index contributed by atoms with van der Waals surface area (Å²) in [5.41, 5.74) is 1.60. The number of hydrogen-bond donors (Lipinski definition) is 1. The van der Waals surface area contributed by atoms with Crippen LogP contribution in [0.25, 0.3) is 0 Å². The van der Waals surface area contributed by atoms with E-state index >= 15 is 0 Å². The molecule has 1 aromatic heterocycles. The number of nitrogens with one attached hydrogen (secondary N) is 1. The van der Waals surface area contributed by atoms with Crippen molar-refractivity contribution < 1.29 is 9.59 Å². The Morgan fingerprint density at radius 3 is 2.75 bits per heavy atom. The summed E-state index contributed by atoms with van der Waals surface area (Å²) in [6.07, 6.45) is 3.10. The van der Waals surface area contributed by atoms with E-state index in [9.17, 15) is 9.59 Å². The first kappa shape index (κ1) is 16.0. The monoisotopic (exact) mass is 338 g/mol. The van der Waals surface area contributed by atoms with E-state index in [-0.39, 0.29) is 11.8 Å². The summed E-state index contributed by atoms with van der Waals surface area (Å²) < 4.78 is 0. The van der Waals surface area contributed by atoms with Gasteiger partial charge in [-0.1, -0.05) is 0 Å². The van der Waals surface area contributed by atoms with Gasteiger partial charge in [0, 0.05) is 23.8 Å². The highest BCUT2D eigenvalue weighted by Gasteiger charge is 2.35. The molecule has 1 aliphatic rings. The topological polar surface area (TPSA) is 86.1 Å². The smallest absolute Gasteiger partial charge is 0.256 e. The molecule has 1 saturated heterocycles. The van der Waals surface area contributed by atoms with Crippen LogP contribution in [0.5, 0.6) is 0 Å². The highest BCUT2D eigenvalue weighted by molar-refractivity contribution is 7.99. The number of rotatable bonds is 3. The zero-order valence-electron chi connectivity index (χ0n) is 12.7. The summed E-state index contributed by atoms with van der Waals surface area (Å²) in [7, 11) is 0. The molecule has 2 amide bonds. The fourth-order valence-electron chi connectivity index (χ4n) is 2.37. The lowest BCUT2D eigenvalue weighted by atomic mass is 10.2.